The quantitative estimate of drug-likeness (QED) is 0.797. The first kappa shape index (κ1) is 11.1. The van der Waals surface area contributed by atoms with Crippen LogP contribution in [0.3, 0.4) is 0 Å². The van der Waals surface area contributed by atoms with E-state index < -0.39 is 0 Å². The molecular weight excluding hydrogens is 176 g/mol. The van der Waals surface area contributed by atoms with Crippen molar-refractivity contribution >= 4 is 0 Å². The normalized spacial score (nSPS) is 12.9. The van der Waals surface area contributed by atoms with Crippen molar-refractivity contribution in [2.75, 3.05) is 0 Å². The number of ether oxygens (including phenoxy) is 1. The van der Waals surface area contributed by atoms with Crippen LogP contribution in [0.15, 0.2) is 24.3 Å². The van der Waals surface area contributed by atoms with E-state index in [-0.39, 0.29) is 12.2 Å². The minimum atomic E-state index is -0.285. The Kier molecular flexibility index (Phi) is 3.96. The molecule has 1 atom stereocenters. The van der Waals surface area contributed by atoms with Crippen LogP contribution >= 0.6 is 0 Å². The van der Waals surface area contributed by atoms with Crippen LogP contribution in [0.5, 0.6) is 5.75 Å². The van der Waals surface area contributed by atoms with Crippen LogP contribution in [-0.4, -0.2) is 17.3 Å². The van der Waals surface area contributed by atoms with Crippen molar-refractivity contribution in [1.29, 1.82) is 0 Å². The molecule has 0 amide bonds. The van der Waals surface area contributed by atoms with Crippen LogP contribution in [0.4, 0.5) is 0 Å². The Bertz CT molecular complexity index is 233. The second kappa shape index (κ2) is 5.01. The third-order valence-corrected chi connectivity index (χ3v) is 1.83. The summed E-state index contributed by atoms with van der Waals surface area (Å²) >= 11 is 0. The highest BCUT2D eigenvalue weighted by atomic mass is 16.5. The zero-order chi connectivity index (χ0) is 10.6. The summed E-state index contributed by atoms with van der Waals surface area (Å²) in [5, 5.41) is 9.19. The molecule has 2 heteroatoms. The molecule has 1 rings (SSSR count). The molecule has 2 nitrogen and oxygen atoms in total. The highest BCUT2D eigenvalue weighted by Crippen LogP contribution is 2.14. The van der Waals surface area contributed by atoms with Gasteiger partial charge in [-0.15, -0.1) is 0 Å². The summed E-state index contributed by atoms with van der Waals surface area (Å²) in [5.41, 5.74) is 1.14. The minimum absolute atomic E-state index is 0.206. The van der Waals surface area contributed by atoms with Crippen molar-refractivity contribution in [3.05, 3.63) is 29.8 Å². The predicted molar refractivity (Wildman–Crippen MR) is 57.6 cm³/mol. The molecule has 0 bridgehead atoms. The maximum atomic E-state index is 9.19. The topological polar surface area (TPSA) is 29.5 Å². The minimum Gasteiger partial charge on any atom is -0.491 e. The van der Waals surface area contributed by atoms with Crippen LogP contribution in [0, 0.1) is 0 Å². The monoisotopic (exact) mass is 194 g/mol. The first-order valence-corrected chi connectivity index (χ1v) is 5.01. The molecule has 78 valence electrons. The molecule has 1 aromatic carbocycles. The third kappa shape index (κ3) is 3.79. The molecular formula is C12H18O2. The number of rotatable bonds is 4. The van der Waals surface area contributed by atoms with Crippen molar-refractivity contribution in [2.45, 2.75) is 39.4 Å². The van der Waals surface area contributed by atoms with Crippen molar-refractivity contribution in [1.82, 2.24) is 0 Å². The van der Waals surface area contributed by atoms with E-state index in [1.54, 1.807) is 6.92 Å². The van der Waals surface area contributed by atoms with E-state index >= 15 is 0 Å². The first-order chi connectivity index (χ1) is 6.58. The fourth-order valence-electron chi connectivity index (χ4n) is 1.32. The number of hydrogen-bond donors (Lipinski definition) is 1. The molecule has 14 heavy (non-hydrogen) atoms. The Morgan fingerprint density at radius 1 is 1.14 bits per heavy atom. The van der Waals surface area contributed by atoms with Gasteiger partial charge in [-0.3, -0.25) is 0 Å². The summed E-state index contributed by atoms with van der Waals surface area (Å²) in [6, 6.07) is 7.87. The Balaban J connectivity index is 2.59. The number of benzene rings is 1. The lowest BCUT2D eigenvalue weighted by Gasteiger charge is -2.10. The molecule has 0 unspecified atom stereocenters. The van der Waals surface area contributed by atoms with Gasteiger partial charge in [0.15, 0.2) is 0 Å². The zero-order valence-corrected chi connectivity index (χ0v) is 9.03. The van der Waals surface area contributed by atoms with Gasteiger partial charge in [-0.25, -0.2) is 0 Å². The van der Waals surface area contributed by atoms with Crippen molar-refractivity contribution in [3.63, 3.8) is 0 Å². The highest BCUT2D eigenvalue weighted by molar-refractivity contribution is 5.27. The lowest BCUT2D eigenvalue weighted by Crippen LogP contribution is -2.06. The summed E-state index contributed by atoms with van der Waals surface area (Å²) in [5.74, 6) is 0.884. The van der Waals surface area contributed by atoms with Gasteiger partial charge >= 0.3 is 0 Å². The highest BCUT2D eigenvalue weighted by Gasteiger charge is 2.00. The molecule has 0 heterocycles. The van der Waals surface area contributed by atoms with Crippen molar-refractivity contribution < 1.29 is 9.84 Å². The number of aliphatic hydroxyl groups is 1. The van der Waals surface area contributed by atoms with E-state index in [0.717, 1.165) is 11.3 Å². The molecule has 0 saturated carbocycles. The lowest BCUT2D eigenvalue weighted by atomic mass is 10.1. The number of aliphatic hydroxyl groups excluding tert-OH is 1. The molecule has 0 aliphatic carbocycles. The van der Waals surface area contributed by atoms with Gasteiger partial charge in [0.1, 0.15) is 5.75 Å². The maximum absolute atomic E-state index is 9.19. The van der Waals surface area contributed by atoms with Gasteiger partial charge in [0.2, 0.25) is 0 Å². The Hall–Kier alpha value is -1.02. The predicted octanol–water partition coefficient (Wildman–Crippen LogP) is 2.40. The van der Waals surface area contributed by atoms with E-state index in [1.165, 1.54) is 0 Å². The third-order valence-electron chi connectivity index (χ3n) is 1.83. The van der Waals surface area contributed by atoms with Crippen molar-refractivity contribution in [2.24, 2.45) is 0 Å². The van der Waals surface area contributed by atoms with Crippen LogP contribution in [0.25, 0.3) is 0 Å². The fourth-order valence-corrected chi connectivity index (χ4v) is 1.32. The van der Waals surface area contributed by atoms with Gasteiger partial charge in [-0.2, -0.15) is 0 Å². The average molecular weight is 194 g/mol. The SMILES string of the molecule is CC(C)Oc1ccc(C[C@@H](C)O)cc1. The molecule has 0 fully saturated rings. The smallest absolute Gasteiger partial charge is 0.119 e. The second-order valence-corrected chi connectivity index (χ2v) is 3.86. The van der Waals surface area contributed by atoms with Gasteiger partial charge in [0.25, 0.3) is 0 Å². The molecule has 1 N–H and O–H groups in total. The Morgan fingerprint density at radius 3 is 2.14 bits per heavy atom. The summed E-state index contributed by atoms with van der Waals surface area (Å²) in [7, 11) is 0. The summed E-state index contributed by atoms with van der Waals surface area (Å²) in [4.78, 5) is 0. The molecule has 1 aromatic rings. The van der Waals surface area contributed by atoms with Gasteiger partial charge in [0.05, 0.1) is 12.2 Å². The van der Waals surface area contributed by atoms with Gasteiger partial charge < -0.3 is 9.84 Å². The molecule has 0 aliphatic rings. The van der Waals surface area contributed by atoms with E-state index in [2.05, 4.69) is 0 Å². The largest absolute Gasteiger partial charge is 0.491 e. The fraction of sp³-hybridized carbons (Fsp3) is 0.500. The van der Waals surface area contributed by atoms with Crippen LogP contribution in [-0.2, 0) is 6.42 Å². The lowest BCUT2D eigenvalue weighted by molar-refractivity contribution is 0.195. The molecule has 0 radical (unpaired) electrons. The van der Waals surface area contributed by atoms with Crippen LogP contribution < -0.4 is 4.74 Å². The summed E-state index contributed by atoms with van der Waals surface area (Å²) in [6.45, 7) is 5.80. The molecule has 0 saturated heterocycles. The summed E-state index contributed by atoms with van der Waals surface area (Å²) < 4.78 is 5.51. The van der Waals surface area contributed by atoms with Crippen LogP contribution in [0.2, 0.25) is 0 Å². The molecule has 0 aliphatic heterocycles. The van der Waals surface area contributed by atoms with E-state index in [1.807, 2.05) is 38.1 Å². The Morgan fingerprint density at radius 2 is 1.71 bits per heavy atom. The number of hydrogen-bond acceptors (Lipinski definition) is 2. The van der Waals surface area contributed by atoms with E-state index in [0.29, 0.717) is 6.42 Å². The second-order valence-electron chi connectivity index (χ2n) is 3.86. The molecule has 0 spiro atoms. The van der Waals surface area contributed by atoms with Crippen molar-refractivity contribution in [3.8, 4) is 5.75 Å². The maximum Gasteiger partial charge on any atom is 0.119 e. The standard InChI is InChI=1S/C12H18O2/c1-9(2)14-12-6-4-11(5-7-12)8-10(3)13/h4-7,9-10,13H,8H2,1-3H3/t10-/m1/s1. The summed E-state index contributed by atoms with van der Waals surface area (Å²) in [6.07, 6.45) is 0.617. The zero-order valence-electron chi connectivity index (χ0n) is 9.03. The van der Waals surface area contributed by atoms with Gasteiger partial charge in [-0.1, -0.05) is 12.1 Å². The average Bonchev–Trinajstić information content (AvgIpc) is 2.06. The Labute approximate surface area is 85.5 Å². The molecule has 0 aromatic heterocycles. The first-order valence-electron chi connectivity index (χ1n) is 5.01. The van der Waals surface area contributed by atoms with Crippen LogP contribution in [0.1, 0.15) is 26.3 Å². The van der Waals surface area contributed by atoms with E-state index in [9.17, 15) is 5.11 Å². The van der Waals surface area contributed by atoms with Gasteiger partial charge in [-0.05, 0) is 44.9 Å². The van der Waals surface area contributed by atoms with E-state index in [4.69, 9.17) is 4.74 Å². The van der Waals surface area contributed by atoms with Gasteiger partial charge in [0, 0.05) is 0 Å².